The van der Waals surface area contributed by atoms with E-state index in [1.165, 1.54) is 19.5 Å². The van der Waals surface area contributed by atoms with Crippen molar-refractivity contribution in [3.05, 3.63) is 0 Å². The molecule has 0 fully saturated rings. The Labute approximate surface area is 96.4 Å². The molecule has 15 heavy (non-hydrogen) atoms. The van der Waals surface area contributed by atoms with Gasteiger partial charge in [-0.3, -0.25) is 0 Å². The summed E-state index contributed by atoms with van der Waals surface area (Å²) in [5.74, 6) is 0.762. The Morgan fingerprint density at radius 1 is 1.20 bits per heavy atom. The molecule has 0 saturated carbocycles. The highest BCUT2D eigenvalue weighted by Gasteiger charge is 2.22. The van der Waals surface area contributed by atoms with Crippen molar-refractivity contribution >= 4 is 0 Å². The van der Waals surface area contributed by atoms with Gasteiger partial charge < -0.3 is 10.2 Å². The third-order valence-electron chi connectivity index (χ3n) is 2.87. The van der Waals surface area contributed by atoms with E-state index < -0.39 is 0 Å². The molecule has 0 bridgehead atoms. The number of nitrogens with zero attached hydrogens (tertiary/aromatic N) is 1. The SMILES string of the molecule is CNC(CCN(C)CC(C)C)C(C)(C)C. The van der Waals surface area contributed by atoms with Crippen LogP contribution in [0.1, 0.15) is 41.0 Å². The van der Waals surface area contributed by atoms with Crippen LogP contribution in [0.15, 0.2) is 0 Å². The summed E-state index contributed by atoms with van der Waals surface area (Å²) in [7, 11) is 4.29. The summed E-state index contributed by atoms with van der Waals surface area (Å²) in [5, 5.41) is 3.42. The number of hydrogen-bond donors (Lipinski definition) is 1. The van der Waals surface area contributed by atoms with Crippen molar-refractivity contribution < 1.29 is 0 Å². The average molecular weight is 214 g/mol. The first-order chi connectivity index (χ1) is 6.77. The van der Waals surface area contributed by atoms with Crippen LogP contribution in [0.4, 0.5) is 0 Å². The van der Waals surface area contributed by atoms with E-state index in [-0.39, 0.29) is 0 Å². The van der Waals surface area contributed by atoms with Gasteiger partial charge >= 0.3 is 0 Å². The predicted octanol–water partition coefficient (Wildman–Crippen LogP) is 2.60. The molecule has 1 unspecified atom stereocenters. The Balaban J connectivity index is 3.91. The molecule has 1 N–H and O–H groups in total. The number of hydrogen-bond acceptors (Lipinski definition) is 2. The quantitative estimate of drug-likeness (QED) is 0.731. The smallest absolute Gasteiger partial charge is 0.0125 e. The van der Waals surface area contributed by atoms with Gasteiger partial charge in [-0.25, -0.2) is 0 Å². The lowest BCUT2D eigenvalue weighted by Crippen LogP contribution is -2.40. The lowest BCUT2D eigenvalue weighted by molar-refractivity contribution is 0.220. The highest BCUT2D eigenvalue weighted by Crippen LogP contribution is 2.21. The molecule has 0 aromatic heterocycles. The van der Waals surface area contributed by atoms with Crippen LogP contribution >= 0.6 is 0 Å². The molecule has 0 saturated heterocycles. The molecule has 0 rings (SSSR count). The first-order valence-electron chi connectivity index (χ1n) is 6.13. The molecule has 0 aliphatic heterocycles. The van der Waals surface area contributed by atoms with Crippen molar-refractivity contribution in [3.8, 4) is 0 Å². The van der Waals surface area contributed by atoms with E-state index in [4.69, 9.17) is 0 Å². The van der Waals surface area contributed by atoms with Gasteiger partial charge in [0.25, 0.3) is 0 Å². The fourth-order valence-electron chi connectivity index (χ4n) is 2.07. The summed E-state index contributed by atoms with van der Waals surface area (Å²) in [4.78, 5) is 2.43. The Bertz CT molecular complexity index is 158. The fourth-order valence-corrected chi connectivity index (χ4v) is 2.07. The zero-order valence-electron chi connectivity index (χ0n) is 11.7. The summed E-state index contributed by atoms with van der Waals surface area (Å²) in [5.41, 5.74) is 0.355. The lowest BCUT2D eigenvalue weighted by atomic mass is 9.85. The van der Waals surface area contributed by atoms with E-state index in [1.807, 2.05) is 0 Å². The van der Waals surface area contributed by atoms with Crippen molar-refractivity contribution in [2.75, 3.05) is 27.2 Å². The minimum Gasteiger partial charge on any atom is -0.316 e. The predicted molar refractivity (Wildman–Crippen MR) is 69.3 cm³/mol. The zero-order chi connectivity index (χ0) is 12.1. The molecule has 0 aromatic carbocycles. The van der Waals surface area contributed by atoms with Gasteiger partial charge in [-0.1, -0.05) is 34.6 Å². The Hall–Kier alpha value is -0.0800. The van der Waals surface area contributed by atoms with Crippen LogP contribution in [-0.2, 0) is 0 Å². The largest absolute Gasteiger partial charge is 0.316 e. The molecule has 0 spiro atoms. The van der Waals surface area contributed by atoms with Gasteiger partial charge in [0.05, 0.1) is 0 Å². The van der Waals surface area contributed by atoms with Gasteiger partial charge in [0.2, 0.25) is 0 Å². The molecule has 0 amide bonds. The van der Waals surface area contributed by atoms with Crippen molar-refractivity contribution in [3.63, 3.8) is 0 Å². The standard InChI is InChI=1S/C13H30N2/c1-11(2)10-15(7)9-8-12(14-6)13(3,4)5/h11-12,14H,8-10H2,1-7H3. The first-order valence-corrected chi connectivity index (χ1v) is 6.13. The third kappa shape index (κ3) is 6.91. The van der Waals surface area contributed by atoms with Crippen LogP contribution < -0.4 is 5.32 Å². The maximum atomic E-state index is 3.42. The first kappa shape index (κ1) is 14.9. The van der Waals surface area contributed by atoms with Gasteiger partial charge in [0.1, 0.15) is 0 Å². The summed E-state index contributed by atoms with van der Waals surface area (Å²) >= 11 is 0. The van der Waals surface area contributed by atoms with E-state index in [2.05, 4.69) is 58.9 Å². The highest BCUT2D eigenvalue weighted by molar-refractivity contribution is 4.79. The third-order valence-corrected chi connectivity index (χ3v) is 2.87. The van der Waals surface area contributed by atoms with Crippen LogP contribution in [0.5, 0.6) is 0 Å². The minimum atomic E-state index is 0.355. The van der Waals surface area contributed by atoms with Crippen molar-refractivity contribution in [1.82, 2.24) is 10.2 Å². The van der Waals surface area contributed by atoms with Gasteiger partial charge in [-0.15, -0.1) is 0 Å². The Kier molecular flexibility index (Phi) is 6.46. The zero-order valence-corrected chi connectivity index (χ0v) is 11.7. The van der Waals surface area contributed by atoms with Crippen LogP contribution in [-0.4, -0.2) is 38.1 Å². The number of rotatable bonds is 6. The summed E-state index contributed by atoms with van der Waals surface area (Å²) in [6.45, 7) is 13.8. The molecule has 0 aromatic rings. The molecule has 2 nitrogen and oxygen atoms in total. The summed E-state index contributed by atoms with van der Waals surface area (Å²) in [6.07, 6.45) is 1.23. The lowest BCUT2D eigenvalue weighted by Gasteiger charge is -2.32. The van der Waals surface area contributed by atoms with Crippen molar-refractivity contribution in [2.45, 2.75) is 47.1 Å². The average Bonchev–Trinajstić information content (AvgIpc) is 2.01. The second-order valence-electron chi connectivity index (χ2n) is 6.15. The van der Waals surface area contributed by atoms with E-state index in [0.717, 1.165) is 5.92 Å². The molecule has 92 valence electrons. The minimum absolute atomic E-state index is 0.355. The molecule has 1 atom stereocenters. The highest BCUT2D eigenvalue weighted by atomic mass is 15.1. The van der Waals surface area contributed by atoms with E-state index >= 15 is 0 Å². The van der Waals surface area contributed by atoms with Crippen LogP contribution in [0.25, 0.3) is 0 Å². The van der Waals surface area contributed by atoms with Crippen LogP contribution in [0.2, 0.25) is 0 Å². The van der Waals surface area contributed by atoms with E-state index in [1.54, 1.807) is 0 Å². The number of nitrogens with one attached hydrogen (secondary N) is 1. The Morgan fingerprint density at radius 3 is 2.07 bits per heavy atom. The van der Waals surface area contributed by atoms with Crippen LogP contribution in [0, 0.1) is 11.3 Å². The maximum Gasteiger partial charge on any atom is 0.0125 e. The van der Waals surface area contributed by atoms with E-state index in [9.17, 15) is 0 Å². The molecule has 0 radical (unpaired) electrons. The molecule has 0 heterocycles. The van der Waals surface area contributed by atoms with Crippen LogP contribution in [0.3, 0.4) is 0 Å². The molecular weight excluding hydrogens is 184 g/mol. The van der Waals surface area contributed by atoms with Crippen molar-refractivity contribution in [2.24, 2.45) is 11.3 Å². The second kappa shape index (κ2) is 6.49. The Morgan fingerprint density at radius 2 is 1.73 bits per heavy atom. The molecule has 0 aliphatic carbocycles. The maximum absolute atomic E-state index is 3.42. The van der Waals surface area contributed by atoms with E-state index in [0.29, 0.717) is 11.5 Å². The molecular formula is C13H30N2. The second-order valence-corrected chi connectivity index (χ2v) is 6.15. The van der Waals surface area contributed by atoms with Gasteiger partial charge in [-0.2, -0.15) is 0 Å². The monoisotopic (exact) mass is 214 g/mol. The van der Waals surface area contributed by atoms with Crippen molar-refractivity contribution in [1.29, 1.82) is 0 Å². The normalized spacial score (nSPS) is 15.0. The van der Waals surface area contributed by atoms with Gasteiger partial charge in [0.15, 0.2) is 0 Å². The summed E-state index contributed by atoms with van der Waals surface area (Å²) < 4.78 is 0. The molecule has 2 heteroatoms. The van der Waals surface area contributed by atoms with Gasteiger partial charge in [0, 0.05) is 12.6 Å². The topological polar surface area (TPSA) is 15.3 Å². The fraction of sp³-hybridized carbons (Fsp3) is 1.00. The van der Waals surface area contributed by atoms with Gasteiger partial charge in [-0.05, 0) is 38.4 Å². The summed E-state index contributed by atoms with van der Waals surface area (Å²) in [6, 6.07) is 0.604. The molecule has 0 aliphatic rings.